The van der Waals surface area contributed by atoms with E-state index in [4.69, 9.17) is 14.5 Å². The summed E-state index contributed by atoms with van der Waals surface area (Å²) < 4.78 is 12.5. The summed E-state index contributed by atoms with van der Waals surface area (Å²) in [5, 5.41) is 0.726. The van der Waals surface area contributed by atoms with Crippen LogP contribution in [0.5, 0.6) is 11.5 Å². The minimum atomic E-state index is -0.0266. The topological polar surface area (TPSA) is 69.1 Å². The number of thioether (sulfide) groups is 1. The van der Waals surface area contributed by atoms with Crippen molar-refractivity contribution in [2.75, 3.05) is 6.79 Å². The van der Waals surface area contributed by atoms with Crippen molar-refractivity contribution in [3.8, 4) is 11.5 Å². The molecular weight excluding hydrogens is 338 g/mol. The molecule has 1 aliphatic rings. The van der Waals surface area contributed by atoms with E-state index in [9.17, 15) is 4.79 Å². The molecule has 0 spiro atoms. The lowest BCUT2D eigenvalue weighted by Crippen LogP contribution is -2.25. The lowest BCUT2D eigenvalue weighted by molar-refractivity contribution is 0.174. The maximum atomic E-state index is 12.8. The van der Waals surface area contributed by atoms with E-state index in [-0.39, 0.29) is 18.4 Å². The number of aromatic amines is 1. The molecule has 0 bridgehead atoms. The predicted octanol–water partition coefficient (Wildman–Crippen LogP) is 3.63. The molecule has 3 aromatic rings. The molecule has 130 valence electrons. The smallest absolute Gasteiger partial charge is 0.278 e. The van der Waals surface area contributed by atoms with Crippen molar-refractivity contribution >= 4 is 22.8 Å². The Kier molecular flexibility index (Phi) is 3.95. The summed E-state index contributed by atoms with van der Waals surface area (Å²) in [6.45, 7) is 6.19. The first-order valence-electron chi connectivity index (χ1n) is 8.16. The molecule has 0 saturated heterocycles. The molecule has 3 heterocycles. The molecule has 4 rings (SSSR count). The molecule has 0 saturated carbocycles. The Morgan fingerprint density at radius 2 is 2.08 bits per heavy atom. The quantitative estimate of drug-likeness (QED) is 0.570. The van der Waals surface area contributed by atoms with Crippen molar-refractivity contribution in [1.82, 2.24) is 14.5 Å². The SMILES string of the molecule is Cc1cc2nc(SCc3ccc4c(c3)OCO4)n(C(C)C)c(=O)c2[nH]1. The molecule has 0 aliphatic carbocycles. The van der Waals surface area contributed by atoms with Gasteiger partial charge in [-0.1, -0.05) is 17.8 Å². The van der Waals surface area contributed by atoms with Gasteiger partial charge in [0.25, 0.3) is 5.56 Å². The third-order valence-electron chi connectivity index (χ3n) is 4.11. The van der Waals surface area contributed by atoms with Gasteiger partial charge in [0.05, 0.1) is 5.52 Å². The Morgan fingerprint density at radius 3 is 2.88 bits per heavy atom. The van der Waals surface area contributed by atoms with Crippen molar-refractivity contribution in [1.29, 1.82) is 0 Å². The molecule has 0 atom stereocenters. The van der Waals surface area contributed by atoms with E-state index in [1.165, 1.54) is 0 Å². The zero-order valence-corrected chi connectivity index (χ0v) is 15.1. The zero-order chi connectivity index (χ0) is 17.6. The highest BCUT2D eigenvalue weighted by Crippen LogP contribution is 2.34. The Bertz CT molecular complexity index is 1010. The van der Waals surface area contributed by atoms with E-state index in [1.54, 1.807) is 16.3 Å². The Morgan fingerprint density at radius 1 is 1.28 bits per heavy atom. The summed E-state index contributed by atoms with van der Waals surface area (Å²) in [5.41, 5.74) is 3.30. The summed E-state index contributed by atoms with van der Waals surface area (Å²) >= 11 is 1.55. The van der Waals surface area contributed by atoms with Gasteiger partial charge in [0.15, 0.2) is 16.7 Å². The van der Waals surface area contributed by atoms with E-state index in [0.717, 1.165) is 27.9 Å². The van der Waals surface area contributed by atoms with E-state index in [1.807, 2.05) is 45.0 Å². The molecule has 1 aliphatic heterocycles. The number of aromatic nitrogens is 3. The Balaban J connectivity index is 1.68. The van der Waals surface area contributed by atoms with Gasteiger partial charge in [0, 0.05) is 17.5 Å². The maximum Gasteiger partial charge on any atom is 0.278 e. The molecule has 0 unspecified atom stereocenters. The third-order valence-corrected chi connectivity index (χ3v) is 5.13. The normalized spacial score (nSPS) is 13.1. The number of ether oxygens (including phenoxy) is 2. The van der Waals surface area contributed by atoms with Gasteiger partial charge in [-0.05, 0) is 44.5 Å². The number of aryl methyl sites for hydroxylation is 1. The van der Waals surface area contributed by atoms with Gasteiger partial charge in [0.2, 0.25) is 6.79 Å². The maximum absolute atomic E-state index is 12.8. The molecule has 25 heavy (non-hydrogen) atoms. The van der Waals surface area contributed by atoms with Crippen LogP contribution in [0.2, 0.25) is 0 Å². The molecule has 1 N–H and O–H groups in total. The Hall–Kier alpha value is -2.41. The van der Waals surface area contributed by atoms with Crippen LogP contribution in [0.25, 0.3) is 11.0 Å². The van der Waals surface area contributed by atoms with E-state index < -0.39 is 0 Å². The van der Waals surface area contributed by atoms with Gasteiger partial charge in [-0.15, -0.1) is 0 Å². The first kappa shape index (κ1) is 16.1. The van der Waals surface area contributed by atoms with Gasteiger partial charge in [-0.25, -0.2) is 4.98 Å². The average Bonchev–Trinajstić information content (AvgIpc) is 3.17. The highest BCUT2D eigenvalue weighted by Gasteiger charge is 2.17. The molecular formula is C18H19N3O3S. The molecule has 6 nitrogen and oxygen atoms in total. The molecule has 0 fully saturated rings. The van der Waals surface area contributed by atoms with Crippen LogP contribution in [0.4, 0.5) is 0 Å². The second-order valence-electron chi connectivity index (χ2n) is 6.35. The summed E-state index contributed by atoms with van der Waals surface area (Å²) in [5.74, 6) is 2.24. The fraction of sp³-hybridized carbons (Fsp3) is 0.333. The van der Waals surface area contributed by atoms with Crippen molar-refractivity contribution in [2.45, 2.75) is 37.7 Å². The van der Waals surface area contributed by atoms with Crippen molar-refractivity contribution < 1.29 is 9.47 Å². The van der Waals surface area contributed by atoms with E-state index >= 15 is 0 Å². The average molecular weight is 357 g/mol. The fourth-order valence-electron chi connectivity index (χ4n) is 2.93. The number of fused-ring (bicyclic) bond motifs is 2. The van der Waals surface area contributed by atoms with E-state index in [0.29, 0.717) is 16.8 Å². The minimum Gasteiger partial charge on any atom is -0.454 e. The lowest BCUT2D eigenvalue weighted by atomic mass is 10.2. The number of benzene rings is 1. The van der Waals surface area contributed by atoms with Gasteiger partial charge >= 0.3 is 0 Å². The molecule has 0 radical (unpaired) electrons. The third kappa shape index (κ3) is 2.89. The van der Waals surface area contributed by atoms with Gasteiger partial charge < -0.3 is 14.5 Å². The second-order valence-corrected chi connectivity index (χ2v) is 7.29. The molecule has 0 amide bonds. The summed E-state index contributed by atoms with van der Waals surface area (Å²) in [4.78, 5) is 20.6. The predicted molar refractivity (Wildman–Crippen MR) is 97.6 cm³/mol. The van der Waals surface area contributed by atoms with Crippen LogP contribution in [-0.2, 0) is 5.75 Å². The highest BCUT2D eigenvalue weighted by atomic mass is 32.2. The van der Waals surface area contributed by atoms with Crippen molar-refractivity contribution in [3.05, 3.63) is 45.9 Å². The largest absolute Gasteiger partial charge is 0.454 e. The van der Waals surface area contributed by atoms with Crippen molar-refractivity contribution in [3.63, 3.8) is 0 Å². The van der Waals surface area contributed by atoms with Crippen molar-refractivity contribution in [2.24, 2.45) is 0 Å². The fourth-order valence-corrected chi connectivity index (χ4v) is 4.00. The van der Waals surface area contributed by atoms with Crippen LogP contribution < -0.4 is 15.0 Å². The Labute approximate surface area is 149 Å². The van der Waals surface area contributed by atoms with Crippen LogP contribution in [0, 0.1) is 6.92 Å². The van der Waals surface area contributed by atoms with Gasteiger partial charge in [-0.2, -0.15) is 0 Å². The number of hydrogen-bond acceptors (Lipinski definition) is 5. The lowest BCUT2D eigenvalue weighted by Gasteiger charge is -2.15. The molecule has 1 aromatic carbocycles. The van der Waals surface area contributed by atoms with Gasteiger partial charge in [-0.3, -0.25) is 9.36 Å². The zero-order valence-electron chi connectivity index (χ0n) is 14.3. The second kappa shape index (κ2) is 6.15. The van der Waals surface area contributed by atoms with Crippen LogP contribution in [-0.4, -0.2) is 21.3 Å². The minimum absolute atomic E-state index is 0.0266. The van der Waals surface area contributed by atoms with Gasteiger partial charge in [0.1, 0.15) is 5.52 Å². The number of nitrogens with one attached hydrogen (secondary N) is 1. The standard InChI is InChI=1S/C18H19N3O3S/c1-10(2)21-17(22)16-13(6-11(3)19-16)20-18(21)25-8-12-4-5-14-15(7-12)24-9-23-14/h4-7,10,19H,8-9H2,1-3H3. The number of nitrogens with zero attached hydrogens (tertiary/aromatic N) is 2. The first-order chi connectivity index (χ1) is 12.0. The summed E-state index contributed by atoms with van der Waals surface area (Å²) in [6.07, 6.45) is 0. The van der Waals surface area contributed by atoms with Crippen LogP contribution in [0.15, 0.2) is 34.2 Å². The van der Waals surface area contributed by atoms with E-state index in [2.05, 4.69) is 4.98 Å². The number of rotatable bonds is 4. The summed E-state index contributed by atoms with van der Waals surface area (Å²) in [7, 11) is 0. The monoisotopic (exact) mass is 357 g/mol. The van der Waals surface area contributed by atoms with Crippen LogP contribution >= 0.6 is 11.8 Å². The highest BCUT2D eigenvalue weighted by molar-refractivity contribution is 7.98. The van der Waals surface area contributed by atoms with Crippen LogP contribution in [0.3, 0.4) is 0 Å². The number of hydrogen-bond donors (Lipinski definition) is 1. The van der Waals surface area contributed by atoms with Crippen LogP contribution in [0.1, 0.15) is 31.1 Å². The first-order valence-corrected chi connectivity index (χ1v) is 9.14. The number of H-pyrrole nitrogens is 1. The molecule has 2 aromatic heterocycles. The molecule has 7 heteroatoms. The summed E-state index contributed by atoms with van der Waals surface area (Å²) in [6, 6.07) is 7.85.